The lowest BCUT2D eigenvalue weighted by molar-refractivity contribution is -0.383. The molecule has 0 aliphatic rings. The van der Waals surface area contributed by atoms with E-state index >= 15 is 0 Å². The van der Waals surface area contributed by atoms with Crippen LogP contribution < -0.4 is 10.9 Å². The van der Waals surface area contributed by atoms with Crippen LogP contribution in [0.4, 0.5) is 11.4 Å². The quantitative estimate of drug-likeness (QED) is 0.629. The number of aryl methyl sites for hydroxylation is 1. The minimum atomic E-state index is -0.485. The summed E-state index contributed by atoms with van der Waals surface area (Å²) < 4.78 is 1.22. The number of hydrogen-bond acceptors (Lipinski definition) is 4. The van der Waals surface area contributed by atoms with Crippen LogP contribution in [0.2, 0.25) is 0 Å². The van der Waals surface area contributed by atoms with Gasteiger partial charge in [0.25, 0.3) is 11.2 Å². The van der Waals surface area contributed by atoms with E-state index in [0.29, 0.717) is 10.8 Å². The van der Waals surface area contributed by atoms with Gasteiger partial charge in [0.05, 0.1) is 21.9 Å². The number of nitrogens with one attached hydrogen (secondary N) is 1. The molecule has 6 nitrogen and oxygen atoms in total. The lowest BCUT2D eigenvalue weighted by Crippen LogP contribution is -2.17. The molecule has 0 saturated carbocycles. The molecule has 2 aromatic rings. The Labute approximate surface area is 96.6 Å². The van der Waals surface area contributed by atoms with Gasteiger partial charge < -0.3 is 9.88 Å². The fraction of sp³-hybridized carbons (Fsp3) is 0.182. The van der Waals surface area contributed by atoms with Crippen LogP contribution in [0.3, 0.4) is 0 Å². The fourth-order valence-electron chi connectivity index (χ4n) is 1.75. The molecule has 0 aliphatic carbocycles. The average molecular weight is 233 g/mol. The number of nitro groups is 1. The number of benzene rings is 1. The molecule has 1 heterocycles. The third-order valence-corrected chi connectivity index (χ3v) is 2.65. The summed E-state index contributed by atoms with van der Waals surface area (Å²) in [5.74, 6) is 0. The highest BCUT2D eigenvalue weighted by Crippen LogP contribution is 2.25. The molecule has 0 unspecified atom stereocenters. The first-order chi connectivity index (χ1) is 8.04. The molecule has 0 radical (unpaired) electrons. The highest BCUT2D eigenvalue weighted by Gasteiger charge is 2.15. The largest absolute Gasteiger partial charge is 0.388 e. The summed E-state index contributed by atoms with van der Waals surface area (Å²) in [5.41, 5.74) is 0.418. The molecule has 1 N–H and O–H groups in total. The van der Waals surface area contributed by atoms with Crippen LogP contribution in [0.1, 0.15) is 0 Å². The first-order valence-electron chi connectivity index (χ1n) is 5.00. The van der Waals surface area contributed by atoms with Crippen molar-refractivity contribution in [2.24, 2.45) is 7.05 Å². The molecule has 6 heteroatoms. The zero-order valence-corrected chi connectivity index (χ0v) is 9.43. The summed E-state index contributed by atoms with van der Waals surface area (Å²) in [4.78, 5) is 22.3. The van der Waals surface area contributed by atoms with Crippen molar-refractivity contribution in [2.75, 3.05) is 12.4 Å². The normalized spacial score (nSPS) is 10.5. The summed E-state index contributed by atoms with van der Waals surface area (Å²) in [6.45, 7) is 0. The molecule has 1 aromatic carbocycles. The van der Waals surface area contributed by atoms with Crippen molar-refractivity contribution in [2.45, 2.75) is 0 Å². The molecule has 17 heavy (non-hydrogen) atoms. The topological polar surface area (TPSA) is 77.2 Å². The minimum Gasteiger partial charge on any atom is -0.388 e. The molecule has 0 amide bonds. The van der Waals surface area contributed by atoms with Gasteiger partial charge in [0.1, 0.15) is 0 Å². The van der Waals surface area contributed by atoms with E-state index < -0.39 is 4.92 Å². The van der Waals surface area contributed by atoms with Crippen LogP contribution in [-0.2, 0) is 7.05 Å². The van der Waals surface area contributed by atoms with E-state index in [2.05, 4.69) is 5.32 Å². The van der Waals surface area contributed by atoms with Crippen LogP contribution in [0, 0.1) is 10.1 Å². The van der Waals surface area contributed by atoms with Gasteiger partial charge in [-0.1, -0.05) is 0 Å². The van der Waals surface area contributed by atoms with Crippen LogP contribution in [0.5, 0.6) is 0 Å². The highest BCUT2D eigenvalue weighted by molar-refractivity contribution is 5.92. The number of anilines is 1. The Kier molecular flexibility index (Phi) is 2.55. The van der Waals surface area contributed by atoms with Gasteiger partial charge in [-0.15, -0.1) is 0 Å². The van der Waals surface area contributed by atoms with E-state index in [1.807, 2.05) is 0 Å². The Morgan fingerprint density at radius 2 is 2.06 bits per heavy atom. The van der Waals surface area contributed by atoms with Gasteiger partial charge in [-0.3, -0.25) is 14.9 Å². The van der Waals surface area contributed by atoms with Gasteiger partial charge in [-0.2, -0.15) is 0 Å². The molecule has 0 atom stereocenters. The second-order valence-electron chi connectivity index (χ2n) is 3.70. The van der Waals surface area contributed by atoms with Gasteiger partial charge in [-0.25, -0.2) is 0 Å². The van der Waals surface area contributed by atoms with Gasteiger partial charge in [0, 0.05) is 19.8 Å². The van der Waals surface area contributed by atoms with E-state index in [9.17, 15) is 14.9 Å². The second kappa shape index (κ2) is 3.89. The van der Waals surface area contributed by atoms with Crippen molar-refractivity contribution in [3.63, 3.8) is 0 Å². The molecular formula is C11H11N3O3. The average Bonchev–Trinajstić information content (AvgIpc) is 2.32. The van der Waals surface area contributed by atoms with Gasteiger partial charge in [0.15, 0.2) is 0 Å². The predicted molar refractivity (Wildman–Crippen MR) is 65.4 cm³/mol. The Hall–Kier alpha value is -2.37. The summed E-state index contributed by atoms with van der Waals surface area (Å²) >= 11 is 0. The lowest BCUT2D eigenvalue weighted by Gasteiger charge is -2.05. The molecule has 0 aliphatic heterocycles. The number of hydrogen-bond donors (Lipinski definition) is 1. The first kappa shape index (κ1) is 11.1. The monoisotopic (exact) mass is 233 g/mol. The van der Waals surface area contributed by atoms with Crippen LogP contribution in [0.25, 0.3) is 10.8 Å². The zero-order valence-electron chi connectivity index (χ0n) is 9.43. The number of aromatic nitrogens is 1. The fourth-order valence-corrected chi connectivity index (χ4v) is 1.75. The third-order valence-electron chi connectivity index (χ3n) is 2.65. The summed E-state index contributed by atoms with van der Waals surface area (Å²) in [6, 6.07) is 4.92. The number of fused-ring (bicyclic) bond motifs is 1. The molecule has 0 fully saturated rings. The molecule has 1 aromatic heterocycles. The summed E-state index contributed by atoms with van der Waals surface area (Å²) in [7, 11) is 3.22. The Bertz CT molecular complexity index is 661. The molecule has 0 saturated heterocycles. The smallest absolute Gasteiger partial charge is 0.293 e. The lowest BCUT2D eigenvalue weighted by atomic mass is 10.1. The van der Waals surface area contributed by atoms with E-state index in [1.54, 1.807) is 25.2 Å². The molecule has 2 rings (SSSR count). The Balaban J connectivity index is 2.94. The Morgan fingerprint density at radius 3 is 2.65 bits per heavy atom. The van der Waals surface area contributed by atoms with Crippen molar-refractivity contribution in [1.29, 1.82) is 0 Å². The first-order valence-corrected chi connectivity index (χ1v) is 5.00. The van der Waals surface area contributed by atoms with Crippen molar-refractivity contribution in [3.8, 4) is 0 Å². The summed E-state index contributed by atoms with van der Waals surface area (Å²) in [5, 5.41) is 14.5. The molecule has 88 valence electrons. The number of pyridine rings is 1. The standard InChI is InChI=1S/C11H11N3O3/c1-12-7-3-4-8-9(5-7)10(14(16)17)6-13(2)11(8)15/h3-6,12H,1-2H3. The number of rotatable bonds is 2. The summed E-state index contributed by atoms with van der Waals surface area (Å²) in [6.07, 6.45) is 1.24. The van der Waals surface area contributed by atoms with Gasteiger partial charge in [0.2, 0.25) is 0 Å². The van der Waals surface area contributed by atoms with Crippen molar-refractivity contribution >= 4 is 22.1 Å². The predicted octanol–water partition coefficient (Wildman–Crippen LogP) is 1.49. The van der Waals surface area contributed by atoms with Crippen molar-refractivity contribution in [1.82, 2.24) is 4.57 Å². The molecular weight excluding hydrogens is 222 g/mol. The van der Waals surface area contributed by atoms with E-state index in [0.717, 1.165) is 5.69 Å². The maximum Gasteiger partial charge on any atom is 0.293 e. The SMILES string of the molecule is CNc1ccc2c(=O)n(C)cc([N+](=O)[O-])c2c1. The molecule has 0 bridgehead atoms. The maximum absolute atomic E-state index is 11.8. The van der Waals surface area contributed by atoms with E-state index in [4.69, 9.17) is 0 Å². The van der Waals surface area contributed by atoms with E-state index in [1.165, 1.54) is 17.8 Å². The molecule has 0 spiro atoms. The van der Waals surface area contributed by atoms with Gasteiger partial charge in [-0.05, 0) is 18.2 Å². The third kappa shape index (κ3) is 1.73. The van der Waals surface area contributed by atoms with Crippen molar-refractivity contribution in [3.05, 3.63) is 44.9 Å². The Morgan fingerprint density at radius 1 is 1.35 bits per heavy atom. The number of nitrogens with zero attached hydrogens (tertiary/aromatic N) is 2. The van der Waals surface area contributed by atoms with Gasteiger partial charge >= 0.3 is 0 Å². The van der Waals surface area contributed by atoms with Crippen LogP contribution in [-0.4, -0.2) is 16.5 Å². The van der Waals surface area contributed by atoms with Crippen molar-refractivity contribution < 1.29 is 4.92 Å². The van der Waals surface area contributed by atoms with Crippen LogP contribution in [0.15, 0.2) is 29.2 Å². The minimum absolute atomic E-state index is 0.0702. The van der Waals surface area contributed by atoms with E-state index in [-0.39, 0.29) is 11.2 Å². The second-order valence-corrected chi connectivity index (χ2v) is 3.70. The highest BCUT2D eigenvalue weighted by atomic mass is 16.6. The zero-order chi connectivity index (χ0) is 12.6. The maximum atomic E-state index is 11.8. The van der Waals surface area contributed by atoms with Crippen LogP contribution >= 0.6 is 0 Å².